The molecule has 0 atom stereocenters. The Morgan fingerprint density at radius 1 is 0.708 bits per heavy atom. The summed E-state index contributed by atoms with van der Waals surface area (Å²) in [5, 5.41) is 20.8. The predicted octanol–water partition coefficient (Wildman–Crippen LogP) is 5.46. The maximum absolute atomic E-state index is 10.4. The Balaban J connectivity index is 2.81. The van der Waals surface area contributed by atoms with Crippen molar-refractivity contribution >= 4 is 0 Å². The van der Waals surface area contributed by atoms with Gasteiger partial charge in [0.25, 0.3) is 0 Å². The number of allylic oxidation sites excluding steroid dienone is 2. The maximum atomic E-state index is 10.4. The predicted molar refractivity (Wildman–Crippen MR) is 102 cm³/mol. The van der Waals surface area contributed by atoms with Gasteiger partial charge in [0.2, 0.25) is 0 Å². The van der Waals surface area contributed by atoms with Crippen LogP contribution in [0.1, 0.15) is 33.4 Å². The molecule has 0 heterocycles. The highest BCUT2D eigenvalue weighted by Gasteiger charge is 2.17. The third-order valence-corrected chi connectivity index (χ3v) is 4.91. The molecule has 2 rings (SSSR count). The lowest BCUT2D eigenvalue weighted by Crippen LogP contribution is -1.98. The standard InChI is InChI=1S/C22H26O2/c1-7-9-17-11-19(13(3)15(5)21(17)23)20-12-18(10-8-2)22(24)16(6)14(20)4/h7-8,11-12,23-24H,1-2,9-10H2,3-6H3. The van der Waals surface area contributed by atoms with Gasteiger partial charge in [-0.3, -0.25) is 0 Å². The summed E-state index contributed by atoms with van der Waals surface area (Å²) in [6.07, 6.45) is 4.84. The van der Waals surface area contributed by atoms with Crippen LogP contribution in [0.2, 0.25) is 0 Å². The first-order chi connectivity index (χ1) is 11.3. The van der Waals surface area contributed by atoms with Crippen LogP contribution in [0.15, 0.2) is 37.4 Å². The highest BCUT2D eigenvalue weighted by atomic mass is 16.3. The van der Waals surface area contributed by atoms with Crippen LogP contribution in [-0.2, 0) is 12.8 Å². The SMILES string of the molecule is C=CCc1cc(-c2cc(CC=C)c(O)c(C)c2C)c(C)c(C)c1O. The van der Waals surface area contributed by atoms with E-state index in [-0.39, 0.29) is 0 Å². The molecule has 0 bridgehead atoms. The number of rotatable bonds is 5. The fourth-order valence-electron chi connectivity index (χ4n) is 3.12. The first-order valence-electron chi connectivity index (χ1n) is 8.19. The lowest BCUT2D eigenvalue weighted by atomic mass is 9.87. The van der Waals surface area contributed by atoms with Crippen molar-refractivity contribution in [1.29, 1.82) is 0 Å². The van der Waals surface area contributed by atoms with Crippen LogP contribution in [0.3, 0.4) is 0 Å². The molecule has 2 nitrogen and oxygen atoms in total. The van der Waals surface area contributed by atoms with E-state index in [9.17, 15) is 10.2 Å². The van der Waals surface area contributed by atoms with Crippen LogP contribution in [0.25, 0.3) is 11.1 Å². The van der Waals surface area contributed by atoms with Gasteiger partial charge in [-0.25, -0.2) is 0 Å². The molecule has 0 radical (unpaired) electrons. The van der Waals surface area contributed by atoms with Gasteiger partial charge in [-0.1, -0.05) is 12.2 Å². The number of phenols is 2. The lowest BCUT2D eigenvalue weighted by molar-refractivity contribution is 0.464. The molecule has 2 aromatic rings. The highest BCUT2D eigenvalue weighted by molar-refractivity contribution is 5.77. The monoisotopic (exact) mass is 322 g/mol. The summed E-state index contributed by atoms with van der Waals surface area (Å²) in [7, 11) is 0. The number of aromatic hydroxyl groups is 2. The zero-order valence-corrected chi connectivity index (χ0v) is 15.0. The van der Waals surface area contributed by atoms with E-state index in [0.717, 1.165) is 44.5 Å². The van der Waals surface area contributed by atoms with Crippen LogP contribution in [0.5, 0.6) is 11.5 Å². The molecule has 0 fully saturated rings. The van der Waals surface area contributed by atoms with Crippen LogP contribution < -0.4 is 0 Å². The summed E-state index contributed by atoms with van der Waals surface area (Å²) in [5.41, 5.74) is 7.81. The van der Waals surface area contributed by atoms with Crippen LogP contribution in [0.4, 0.5) is 0 Å². The van der Waals surface area contributed by atoms with Crippen molar-refractivity contribution in [3.05, 3.63) is 70.8 Å². The van der Waals surface area contributed by atoms with Gasteiger partial charge in [-0.2, -0.15) is 0 Å². The lowest BCUT2D eigenvalue weighted by Gasteiger charge is -2.19. The average molecular weight is 322 g/mol. The van der Waals surface area contributed by atoms with Gasteiger partial charge in [0.15, 0.2) is 0 Å². The van der Waals surface area contributed by atoms with Gasteiger partial charge in [0, 0.05) is 0 Å². The summed E-state index contributed by atoms with van der Waals surface area (Å²) < 4.78 is 0. The molecule has 0 saturated carbocycles. The van der Waals surface area contributed by atoms with Gasteiger partial charge in [-0.15, -0.1) is 13.2 Å². The molecule has 0 spiro atoms. The van der Waals surface area contributed by atoms with E-state index in [0.29, 0.717) is 24.3 Å². The Morgan fingerprint density at radius 3 is 1.33 bits per heavy atom. The maximum Gasteiger partial charge on any atom is 0.122 e. The number of phenolic OH excluding ortho intramolecular Hbond substituents is 2. The van der Waals surface area contributed by atoms with Gasteiger partial charge in [0.1, 0.15) is 11.5 Å². The Kier molecular flexibility index (Phi) is 5.18. The van der Waals surface area contributed by atoms with Crippen molar-refractivity contribution in [3.63, 3.8) is 0 Å². The second-order valence-corrected chi connectivity index (χ2v) is 6.35. The molecule has 0 aliphatic heterocycles. The molecule has 0 saturated heterocycles. The molecule has 24 heavy (non-hydrogen) atoms. The smallest absolute Gasteiger partial charge is 0.122 e. The van der Waals surface area contributed by atoms with Crippen molar-refractivity contribution in [1.82, 2.24) is 0 Å². The van der Waals surface area contributed by atoms with Crippen molar-refractivity contribution in [2.75, 3.05) is 0 Å². The van der Waals surface area contributed by atoms with Crippen LogP contribution in [0, 0.1) is 27.7 Å². The summed E-state index contributed by atoms with van der Waals surface area (Å²) in [6.45, 7) is 15.5. The van der Waals surface area contributed by atoms with Crippen LogP contribution >= 0.6 is 0 Å². The molecule has 0 aliphatic carbocycles. The minimum Gasteiger partial charge on any atom is -0.507 e. The molecule has 126 valence electrons. The van der Waals surface area contributed by atoms with Gasteiger partial charge >= 0.3 is 0 Å². The van der Waals surface area contributed by atoms with Gasteiger partial charge < -0.3 is 10.2 Å². The Morgan fingerprint density at radius 2 is 1.04 bits per heavy atom. The third-order valence-electron chi connectivity index (χ3n) is 4.91. The fraction of sp³-hybridized carbons (Fsp3) is 0.273. The molecule has 0 aromatic heterocycles. The summed E-state index contributed by atoms with van der Waals surface area (Å²) in [4.78, 5) is 0. The molecule has 2 aromatic carbocycles. The zero-order valence-electron chi connectivity index (χ0n) is 15.0. The number of hydrogen-bond donors (Lipinski definition) is 2. The molecule has 2 heteroatoms. The molecule has 0 aliphatic rings. The number of benzene rings is 2. The Bertz CT molecular complexity index is 744. The van der Waals surface area contributed by atoms with Crippen LogP contribution in [-0.4, -0.2) is 10.2 Å². The van der Waals surface area contributed by atoms with Gasteiger partial charge in [-0.05, 0) is 97.2 Å². The Labute approximate surface area is 144 Å². The largest absolute Gasteiger partial charge is 0.507 e. The molecule has 0 amide bonds. The summed E-state index contributed by atoms with van der Waals surface area (Å²) in [6, 6.07) is 4.08. The second kappa shape index (κ2) is 6.96. The van der Waals surface area contributed by atoms with Crippen molar-refractivity contribution in [3.8, 4) is 22.6 Å². The highest BCUT2D eigenvalue weighted by Crippen LogP contribution is 2.39. The molecule has 2 N–H and O–H groups in total. The van der Waals surface area contributed by atoms with E-state index in [1.165, 1.54) is 0 Å². The third kappa shape index (κ3) is 2.96. The van der Waals surface area contributed by atoms with E-state index in [1.807, 2.05) is 39.8 Å². The van der Waals surface area contributed by atoms with E-state index >= 15 is 0 Å². The van der Waals surface area contributed by atoms with E-state index < -0.39 is 0 Å². The second-order valence-electron chi connectivity index (χ2n) is 6.35. The van der Waals surface area contributed by atoms with E-state index in [4.69, 9.17) is 0 Å². The molecular formula is C22H26O2. The summed E-state index contributed by atoms with van der Waals surface area (Å²) >= 11 is 0. The first kappa shape index (κ1) is 17.9. The fourth-order valence-corrected chi connectivity index (χ4v) is 3.12. The van der Waals surface area contributed by atoms with E-state index in [2.05, 4.69) is 13.2 Å². The molecular weight excluding hydrogens is 296 g/mol. The average Bonchev–Trinajstić information content (AvgIpc) is 2.56. The minimum absolute atomic E-state index is 0.343. The topological polar surface area (TPSA) is 40.5 Å². The zero-order chi connectivity index (χ0) is 18.0. The van der Waals surface area contributed by atoms with Crippen molar-refractivity contribution in [2.24, 2.45) is 0 Å². The molecule has 0 unspecified atom stereocenters. The first-order valence-corrected chi connectivity index (χ1v) is 8.19. The van der Waals surface area contributed by atoms with Crippen molar-refractivity contribution < 1.29 is 10.2 Å². The normalized spacial score (nSPS) is 10.7. The van der Waals surface area contributed by atoms with E-state index in [1.54, 1.807) is 12.2 Å². The van der Waals surface area contributed by atoms with Crippen molar-refractivity contribution in [2.45, 2.75) is 40.5 Å². The Hall–Kier alpha value is -2.48. The van der Waals surface area contributed by atoms with Gasteiger partial charge in [0.05, 0.1) is 0 Å². The number of hydrogen-bond acceptors (Lipinski definition) is 2. The quantitative estimate of drug-likeness (QED) is 0.718. The summed E-state index contributed by atoms with van der Waals surface area (Å²) in [5.74, 6) is 0.686. The minimum atomic E-state index is 0.343.